The molecule has 1 aromatic carbocycles. The summed E-state index contributed by atoms with van der Waals surface area (Å²) in [6.45, 7) is 4.63. The lowest BCUT2D eigenvalue weighted by Crippen LogP contribution is -2.48. The largest absolute Gasteiger partial charge is 0.496 e. The number of halogens is 1. The van der Waals surface area contributed by atoms with Crippen LogP contribution in [0.4, 0.5) is 0 Å². The number of aldehydes is 1. The molecule has 1 fully saturated rings. The van der Waals surface area contributed by atoms with Gasteiger partial charge in [-0.05, 0) is 31.0 Å². The number of hydrogen-bond acceptors (Lipinski definition) is 3. The number of ether oxygens (including phenoxy) is 2. The quantitative estimate of drug-likeness (QED) is 0.778. The summed E-state index contributed by atoms with van der Waals surface area (Å²) < 4.78 is 10.6. The Morgan fingerprint density at radius 2 is 2.12 bits per heavy atom. The summed E-state index contributed by atoms with van der Waals surface area (Å²) in [4.78, 5) is 11.3. The highest BCUT2D eigenvalue weighted by atomic mass is 35.5. The average molecular weight is 255 g/mol. The molecule has 0 spiro atoms. The number of benzene rings is 1. The minimum absolute atomic E-state index is 0.396. The van der Waals surface area contributed by atoms with Gasteiger partial charge in [-0.25, -0.2) is 0 Å². The van der Waals surface area contributed by atoms with Crippen molar-refractivity contribution in [3.8, 4) is 5.75 Å². The van der Waals surface area contributed by atoms with Crippen LogP contribution in [0, 0.1) is 13.8 Å². The first kappa shape index (κ1) is 12.4. The number of carbonyl (C=O) groups is 1. The molecule has 0 amide bonds. The Labute approximate surface area is 106 Å². The molecular weight excluding hydrogens is 240 g/mol. The molecule has 0 N–H and O–H groups in total. The van der Waals surface area contributed by atoms with Crippen molar-refractivity contribution in [3.63, 3.8) is 0 Å². The zero-order valence-corrected chi connectivity index (χ0v) is 10.9. The molecule has 1 aliphatic heterocycles. The smallest absolute Gasteiger partial charge is 0.135 e. The molecule has 1 saturated heterocycles. The van der Waals surface area contributed by atoms with Crippen LogP contribution in [0.5, 0.6) is 5.75 Å². The van der Waals surface area contributed by atoms with Gasteiger partial charge >= 0.3 is 0 Å². The van der Waals surface area contributed by atoms with Crippen LogP contribution < -0.4 is 4.74 Å². The van der Waals surface area contributed by atoms with Crippen molar-refractivity contribution in [2.24, 2.45) is 0 Å². The van der Waals surface area contributed by atoms with Crippen molar-refractivity contribution in [3.05, 3.63) is 27.8 Å². The van der Waals surface area contributed by atoms with Gasteiger partial charge in [0, 0.05) is 10.6 Å². The lowest BCUT2D eigenvalue weighted by Gasteiger charge is -2.39. The van der Waals surface area contributed by atoms with Crippen LogP contribution >= 0.6 is 11.6 Å². The van der Waals surface area contributed by atoms with E-state index in [1.165, 1.54) is 0 Å². The first-order valence-electron chi connectivity index (χ1n) is 5.44. The van der Waals surface area contributed by atoms with E-state index in [0.29, 0.717) is 24.0 Å². The molecule has 0 unspecified atom stereocenters. The molecule has 1 heterocycles. The van der Waals surface area contributed by atoms with Crippen LogP contribution in [0.3, 0.4) is 0 Å². The fourth-order valence-corrected chi connectivity index (χ4v) is 2.44. The van der Waals surface area contributed by atoms with E-state index in [4.69, 9.17) is 21.1 Å². The summed E-state index contributed by atoms with van der Waals surface area (Å²) in [6, 6.07) is 1.87. The maximum absolute atomic E-state index is 11.3. The van der Waals surface area contributed by atoms with E-state index in [9.17, 15) is 4.79 Å². The summed E-state index contributed by atoms with van der Waals surface area (Å²) in [6.07, 6.45) is 0.938. The molecule has 92 valence electrons. The number of hydrogen-bond donors (Lipinski definition) is 0. The highest BCUT2D eigenvalue weighted by molar-refractivity contribution is 6.32. The minimum atomic E-state index is -0.591. The van der Waals surface area contributed by atoms with E-state index in [2.05, 4.69) is 0 Å². The molecule has 4 heteroatoms. The van der Waals surface area contributed by atoms with Crippen LogP contribution in [0.15, 0.2) is 6.07 Å². The van der Waals surface area contributed by atoms with Crippen molar-refractivity contribution in [2.45, 2.75) is 19.3 Å². The van der Waals surface area contributed by atoms with Gasteiger partial charge in [0.25, 0.3) is 0 Å². The maximum atomic E-state index is 11.3. The number of carbonyl (C=O) groups excluding carboxylic acids is 1. The normalized spacial score (nSPS) is 17.4. The molecule has 0 saturated carbocycles. The van der Waals surface area contributed by atoms with E-state index >= 15 is 0 Å². The van der Waals surface area contributed by atoms with Gasteiger partial charge in [-0.2, -0.15) is 0 Å². The summed E-state index contributed by atoms with van der Waals surface area (Å²) in [5.74, 6) is 0.708. The highest BCUT2D eigenvalue weighted by Crippen LogP contribution is 2.42. The van der Waals surface area contributed by atoms with E-state index in [1.54, 1.807) is 7.11 Å². The SMILES string of the molecule is COc1cc(C)c(Cl)c(C)c1C1(C=O)COC1. The van der Waals surface area contributed by atoms with E-state index in [1.807, 2.05) is 19.9 Å². The maximum Gasteiger partial charge on any atom is 0.135 e. The fraction of sp³-hybridized carbons (Fsp3) is 0.462. The van der Waals surface area contributed by atoms with Crippen molar-refractivity contribution in [1.29, 1.82) is 0 Å². The number of rotatable bonds is 3. The van der Waals surface area contributed by atoms with Crippen LogP contribution in [0.2, 0.25) is 5.02 Å². The molecule has 1 aromatic rings. The zero-order chi connectivity index (χ0) is 12.6. The van der Waals surface area contributed by atoms with Crippen molar-refractivity contribution in [1.82, 2.24) is 0 Å². The predicted octanol–water partition coefficient (Wildman–Crippen LogP) is 2.43. The van der Waals surface area contributed by atoms with Gasteiger partial charge in [0.1, 0.15) is 17.5 Å². The van der Waals surface area contributed by atoms with Crippen LogP contribution in [-0.4, -0.2) is 26.6 Å². The molecular formula is C13H15ClO3. The van der Waals surface area contributed by atoms with Gasteiger partial charge in [0.2, 0.25) is 0 Å². The van der Waals surface area contributed by atoms with Gasteiger partial charge in [0.05, 0.1) is 20.3 Å². The van der Waals surface area contributed by atoms with Crippen molar-refractivity contribution < 1.29 is 14.3 Å². The van der Waals surface area contributed by atoms with E-state index in [-0.39, 0.29) is 0 Å². The molecule has 0 aromatic heterocycles. The number of methoxy groups -OCH3 is 1. The Balaban J connectivity index is 2.67. The van der Waals surface area contributed by atoms with Gasteiger partial charge in [-0.3, -0.25) is 0 Å². The Kier molecular flexibility index (Phi) is 3.15. The van der Waals surface area contributed by atoms with Gasteiger partial charge in [-0.15, -0.1) is 0 Å². The topological polar surface area (TPSA) is 35.5 Å². The number of aryl methyl sites for hydroxylation is 1. The summed E-state index contributed by atoms with van der Waals surface area (Å²) >= 11 is 6.24. The second-order valence-corrected chi connectivity index (χ2v) is 4.85. The molecule has 0 atom stereocenters. The average Bonchev–Trinajstić information content (AvgIpc) is 2.27. The van der Waals surface area contributed by atoms with Crippen LogP contribution in [0.25, 0.3) is 0 Å². The molecule has 17 heavy (non-hydrogen) atoms. The Morgan fingerprint density at radius 3 is 2.53 bits per heavy atom. The second kappa shape index (κ2) is 4.31. The molecule has 2 rings (SSSR count). The van der Waals surface area contributed by atoms with Gasteiger partial charge in [-0.1, -0.05) is 11.6 Å². The highest BCUT2D eigenvalue weighted by Gasteiger charge is 2.44. The Bertz CT molecular complexity index is 464. The van der Waals surface area contributed by atoms with E-state index < -0.39 is 5.41 Å². The molecule has 0 bridgehead atoms. The standard InChI is InChI=1S/C13H15ClO3/c1-8-4-10(16-3)11(9(2)12(8)14)13(5-15)6-17-7-13/h4-5H,6-7H2,1-3H3. The Hall–Kier alpha value is -1.06. The third-order valence-corrected chi connectivity index (χ3v) is 3.89. The predicted molar refractivity (Wildman–Crippen MR) is 66.0 cm³/mol. The zero-order valence-electron chi connectivity index (χ0n) is 10.2. The van der Waals surface area contributed by atoms with Crippen LogP contribution in [-0.2, 0) is 14.9 Å². The third kappa shape index (κ3) is 1.74. The molecule has 3 nitrogen and oxygen atoms in total. The minimum Gasteiger partial charge on any atom is -0.496 e. The van der Waals surface area contributed by atoms with Gasteiger partial charge in [0.15, 0.2) is 0 Å². The van der Waals surface area contributed by atoms with Crippen molar-refractivity contribution in [2.75, 3.05) is 20.3 Å². The third-order valence-electron chi connectivity index (χ3n) is 3.31. The Morgan fingerprint density at radius 1 is 1.47 bits per heavy atom. The summed E-state index contributed by atoms with van der Waals surface area (Å²) in [5.41, 5.74) is 2.12. The molecule has 1 aliphatic rings. The first-order valence-corrected chi connectivity index (χ1v) is 5.82. The lowest BCUT2D eigenvalue weighted by atomic mass is 9.77. The molecule has 0 aliphatic carbocycles. The lowest BCUT2D eigenvalue weighted by molar-refractivity contribution is -0.130. The molecule has 0 radical (unpaired) electrons. The van der Waals surface area contributed by atoms with Gasteiger partial charge < -0.3 is 14.3 Å². The van der Waals surface area contributed by atoms with Crippen molar-refractivity contribution >= 4 is 17.9 Å². The fourth-order valence-electron chi connectivity index (χ4n) is 2.30. The second-order valence-electron chi connectivity index (χ2n) is 4.48. The van der Waals surface area contributed by atoms with E-state index in [0.717, 1.165) is 23.0 Å². The first-order chi connectivity index (χ1) is 8.05. The monoisotopic (exact) mass is 254 g/mol. The summed E-state index contributed by atoms with van der Waals surface area (Å²) in [7, 11) is 1.60. The summed E-state index contributed by atoms with van der Waals surface area (Å²) in [5, 5.41) is 0.689. The van der Waals surface area contributed by atoms with Crippen LogP contribution in [0.1, 0.15) is 16.7 Å².